The molecule has 2 rings (SSSR count). The van der Waals surface area contributed by atoms with Gasteiger partial charge in [0.2, 0.25) is 0 Å². The van der Waals surface area contributed by atoms with Crippen LogP contribution in [0.15, 0.2) is 47.6 Å². The number of nitrogens with one attached hydrogen (secondary N) is 1. The highest BCUT2D eigenvalue weighted by molar-refractivity contribution is 14.0. The number of aliphatic imine (C=N–C) groups is 1. The lowest BCUT2D eigenvalue weighted by atomic mass is 10.1. The summed E-state index contributed by atoms with van der Waals surface area (Å²) in [6.45, 7) is 4.77. The number of aromatic nitrogens is 1. The van der Waals surface area contributed by atoms with Crippen LogP contribution >= 0.6 is 24.0 Å². The van der Waals surface area contributed by atoms with Crippen LogP contribution in [0.5, 0.6) is 0 Å². The Morgan fingerprint density at radius 1 is 1.14 bits per heavy atom. The van der Waals surface area contributed by atoms with Gasteiger partial charge >= 0.3 is 0 Å². The minimum absolute atomic E-state index is 0. The first-order valence-corrected chi connectivity index (χ1v) is 7.25. The van der Waals surface area contributed by atoms with E-state index in [2.05, 4.69) is 40.4 Å². The van der Waals surface area contributed by atoms with Crippen molar-refractivity contribution < 1.29 is 0 Å². The second-order valence-electron chi connectivity index (χ2n) is 5.00. The van der Waals surface area contributed by atoms with E-state index in [-0.39, 0.29) is 24.0 Å². The van der Waals surface area contributed by atoms with Crippen LogP contribution in [0.1, 0.15) is 23.7 Å². The standard InChI is InChI=1S/C17H22N4.HI/c1-3-14-6-8-16(9-7-14)21-17(18)19-11-10-15-5-4-13(2)20-12-15;/h4-9,12H,3,10-11H2,1-2H3,(H3,18,19,21);1H. The predicted octanol–water partition coefficient (Wildman–Crippen LogP) is 3.54. The number of nitrogens with two attached hydrogens (primary N) is 1. The van der Waals surface area contributed by atoms with Crippen molar-refractivity contribution in [2.45, 2.75) is 26.7 Å². The third-order valence-electron chi connectivity index (χ3n) is 3.29. The number of pyridine rings is 1. The zero-order valence-corrected chi connectivity index (χ0v) is 15.4. The Bertz CT molecular complexity index is 591. The molecule has 0 aliphatic rings. The maximum Gasteiger partial charge on any atom is 0.193 e. The van der Waals surface area contributed by atoms with E-state index in [0.717, 1.165) is 24.2 Å². The topological polar surface area (TPSA) is 63.3 Å². The average Bonchev–Trinajstić information content (AvgIpc) is 2.50. The number of nitrogens with zero attached hydrogens (tertiary/aromatic N) is 2. The molecule has 1 aromatic heterocycles. The molecule has 0 aliphatic carbocycles. The summed E-state index contributed by atoms with van der Waals surface area (Å²) in [7, 11) is 0. The molecule has 1 heterocycles. The molecule has 0 amide bonds. The van der Waals surface area contributed by atoms with Crippen molar-refractivity contribution >= 4 is 35.6 Å². The maximum absolute atomic E-state index is 5.89. The minimum Gasteiger partial charge on any atom is -0.370 e. The Morgan fingerprint density at radius 3 is 2.41 bits per heavy atom. The van der Waals surface area contributed by atoms with Crippen molar-refractivity contribution in [3.8, 4) is 0 Å². The molecule has 0 saturated carbocycles. The van der Waals surface area contributed by atoms with Crippen LogP contribution in [0.3, 0.4) is 0 Å². The van der Waals surface area contributed by atoms with Crippen LogP contribution in [-0.2, 0) is 12.8 Å². The highest BCUT2D eigenvalue weighted by atomic mass is 127. The molecule has 0 aliphatic heterocycles. The summed E-state index contributed by atoms with van der Waals surface area (Å²) in [5.41, 5.74) is 10.4. The van der Waals surface area contributed by atoms with Crippen molar-refractivity contribution in [3.63, 3.8) is 0 Å². The first-order valence-electron chi connectivity index (χ1n) is 7.25. The van der Waals surface area contributed by atoms with E-state index in [1.807, 2.05) is 31.3 Å². The van der Waals surface area contributed by atoms with E-state index in [4.69, 9.17) is 5.73 Å². The molecule has 0 bridgehead atoms. The van der Waals surface area contributed by atoms with Gasteiger partial charge in [0.05, 0.1) is 0 Å². The lowest BCUT2D eigenvalue weighted by Crippen LogP contribution is -2.23. The number of benzene rings is 1. The third-order valence-corrected chi connectivity index (χ3v) is 3.29. The maximum atomic E-state index is 5.89. The SMILES string of the molecule is CCc1ccc(NC(N)=NCCc2ccc(C)nc2)cc1.I. The van der Waals surface area contributed by atoms with E-state index in [1.54, 1.807) is 0 Å². The van der Waals surface area contributed by atoms with Gasteiger partial charge < -0.3 is 11.1 Å². The van der Waals surface area contributed by atoms with Gasteiger partial charge in [-0.05, 0) is 49.1 Å². The first-order chi connectivity index (χ1) is 10.2. The summed E-state index contributed by atoms with van der Waals surface area (Å²) >= 11 is 0. The molecule has 1 aromatic carbocycles. The smallest absolute Gasteiger partial charge is 0.193 e. The molecule has 0 saturated heterocycles. The molecule has 0 spiro atoms. The largest absolute Gasteiger partial charge is 0.370 e. The van der Waals surface area contributed by atoms with Crippen LogP contribution in [0.2, 0.25) is 0 Å². The number of rotatable bonds is 5. The zero-order valence-electron chi connectivity index (χ0n) is 13.0. The van der Waals surface area contributed by atoms with Gasteiger partial charge in [-0.15, -0.1) is 24.0 Å². The fourth-order valence-corrected chi connectivity index (χ4v) is 1.96. The van der Waals surface area contributed by atoms with Crippen LogP contribution < -0.4 is 11.1 Å². The van der Waals surface area contributed by atoms with Gasteiger partial charge in [0.25, 0.3) is 0 Å². The third kappa shape index (κ3) is 6.01. The van der Waals surface area contributed by atoms with Gasteiger partial charge in [-0.25, -0.2) is 0 Å². The van der Waals surface area contributed by atoms with Crippen molar-refractivity contribution in [2.75, 3.05) is 11.9 Å². The van der Waals surface area contributed by atoms with Crippen LogP contribution in [-0.4, -0.2) is 17.5 Å². The Hall–Kier alpha value is -1.63. The summed E-state index contributed by atoms with van der Waals surface area (Å²) < 4.78 is 0. The number of halogens is 1. The molecule has 2 aromatic rings. The monoisotopic (exact) mass is 410 g/mol. The average molecular weight is 410 g/mol. The zero-order chi connectivity index (χ0) is 15.1. The molecular formula is C17H23IN4. The molecule has 4 nitrogen and oxygen atoms in total. The Kier molecular flexibility index (Phi) is 7.87. The van der Waals surface area contributed by atoms with Gasteiger partial charge in [0.1, 0.15) is 0 Å². The highest BCUT2D eigenvalue weighted by Gasteiger charge is 1.97. The Balaban J connectivity index is 0.00000242. The van der Waals surface area contributed by atoms with E-state index >= 15 is 0 Å². The number of guanidine groups is 1. The molecule has 0 atom stereocenters. The second kappa shape index (κ2) is 9.40. The summed E-state index contributed by atoms with van der Waals surface area (Å²) in [4.78, 5) is 8.60. The van der Waals surface area contributed by atoms with E-state index in [1.165, 1.54) is 11.1 Å². The van der Waals surface area contributed by atoms with Crippen LogP contribution in [0.4, 0.5) is 5.69 Å². The fraction of sp³-hybridized carbons (Fsp3) is 0.294. The van der Waals surface area contributed by atoms with E-state index in [9.17, 15) is 0 Å². The lowest BCUT2D eigenvalue weighted by Gasteiger charge is -2.06. The van der Waals surface area contributed by atoms with Crippen LogP contribution in [0, 0.1) is 6.92 Å². The van der Waals surface area contributed by atoms with Crippen molar-refractivity contribution in [1.29, 1.82) is 0 Å². The number of hydrogen-bond acceptors (Lipinski definition) is 2. The highest BCUT2D eigenvalue weighted by Crippen LogP contribution is 2.09. The minimum atomic E-state index is 0. The van der Waals surface area contributed by atoms with E-state index in [0.29, 0.717) is 12.5 Å². The van der Waals surface area contributed by atoms with Gasteiger partial charge in [-0.1, -0.05) is 25.1 Å². The summed E-state index contributed by atoms with van der Waals surface area (Å²) in [6.07, 6.45) is 3.76. The molecule has 5 heteroatoms. The summed E-state index contributed by atoms with van der Waals surface area (Å²) in [5.74, 6) is 0.444. The van der Waals surface area contributed by atoms with Gasteiger partial charge in [-0.2, -0.15) is 0 Å². The molecule has 0 radical (unpaired) electrons. The molecular weight excluding hydrogens is 387 g/mol. The fourth-order valence-electron chi connectivity index (χ4n) is 1.96. The van der Waals surface area contributed by atoms with Gasteiger partial charge in [0, 0.05) is 24.1 Å². The Morgan fingerprint density at radius 2 is 1.82 bits per heavy atom. The molecule has 118 valence electrons. The number of aryl methyl sites for hydroxylation is 2. The second-order valence-corrected chi connectivity index (χ2v) is 5.00. The molecule has 22 heavy (non-hydrogen) atoms. The number of hydrogen-bond donors (Lipinski definition) is 2. The van der Waals surface area contributed by atoms with E-state index < -0.39 is 0 Å². The predicted molar refractivity (Wildman–Crippen MR) is 104 cm³/mol. The molecule has 3 N–H and O–H groups in total. The van der Waals surface area contributed by atoms with Crippen molar-refractivity contribution in [3.05, 3.63) is 59.4 Å². The normalized spacial score (nSPS) is 10.9. The summed E-state index contributed by atoms with van der Waals surface area (Å²) in [6, 6.07) is 12.3. The van der Waals surface area contributed by atoms with Crippen LogP contribution in [0.25, 0.3) is 0 Å². The summed E-state index contributed by atoms with van der Waals surface area (Å²) in [5, 5.41) is 3.10. The number of anilines is 1. The van der Waals surface area contributed by atoms with Crippen molar-refractivity contribution in [1.82, 2.24) is 4.98 Å². The first kappa shape index (κ1) is 18.4. The van der Waals surface area contributed by atoms with Gasteiger partial charge in [0.15, 0.2) is 5.96 Å². The van der Waals surface area contributed by atoms with Gasteiger partial charge in [-0.3, -0.25) is 9.98 Å². The Labute approximate surface area is 149 Å². The molecule has 0 fully saturated rings. The van der Waals surface area contributed by atoms with Crippen molar-refractivity contribution in [2.24, 2.45) is 10.7 Å². The quantitative estimate of drug-likeness (QED) is 0.450. The lowest BCUT2D eigenvalue weighted by molar-refractivity contribution is 0.950. The molecule has 0 unspecified atom stereocenters.